The van der Waals surface area contributed by atoms with Gasteiger partial charge in [-0.05, 0) is 39.5 Å². The zero-order chi connectivity index (χ0) is 19.5. The van der Waals surface area contributed by atoms with Gasteiger partial charge in [0, 0.05) is 25.7 Å². The first-order valence-electron chi connectivity index (χ1n) is 10.4. The molecule has 0 atom stereocenters. The quantitative estimate of drug-likeness (QED) is 0.247. The molecular formula is C21H38O5. The van der Waals surface area contributed by atoms with E-state index in [2.05, 4.69) is 0 Å². The summed E-state index contributed by atoms with van der Waals surface area (Å²) in [6, 6.07) is 0. The predicted octanol–water partition coefficient (Wildman–Crippen LogP) is 5.14. The fraction of sp³-hybridized carbons (Fsp3) is 0.857. The van der Waals surface area contributed by atoms with Crippen LogP contribution in [0.5, 0.6) is 0 Å². The minimum Gasteiger partial charge on any atom is -0.466 e. The van der Waals surface area contributed by atoms with Gasteiger partial charge in [-0.2, -0.15) is 0 Å². The minimum atomic E-state index is -0.108. The van der Waals surface area contributed by atoms with Crippen LogP contribution in [0, 0.1) is 0 Å². The molecule has 0 bridgehead atoms. The van der Waals surface area contributed by atoms with E-state index < -0.39 is 0 Å². The maximum Gasteiger partial charge on any atom is 0.305 e. The normalized spacial score (nSPS) is 10.5. The molecule has 0 aromatic heterocycles. The smallest absolute Gasteiger partial charge is 0.305 e. The molecule has 0 fully saturated rings. The molecule has 5 nitrogen and oxygen atoms in total. The van der Waals surface area contributed by atoms with E-state index in [4.69, 9.17) is 9.47 Å². The van der Waals surface area contributed by atoms with Crippen molar-refractivity contribution in [1.82, 2.24) is 0 Å². The standard InChI is InChI=1S/C21H38O5/c1-3-25-20(23)17-13-9-5-7-11-15-19(22)16-12-8-6-10-14-18-21(24)26-4-2/h3-18H2,1-2H3. The number of ketones is 1. The summed E-state index contributed by atoms with van der Waals surface area (Å²) < 4.78 is 9.77. The van der Waals surface area contributed by atoms with Gasteiger partial charge in [-0.3, -0.25) is 14.4 Å². The number of ether oxygens (including phenoxy) is 2. The van der Waals surface area contributed by atoms with Crippen LogP contribution in [0.15, 0.2) is 0 Å². The average Bonchev–Trinajstić information content (AvgIpc) is 2.60. The van der Waals surface area contributed by atoms with Gasteiger partial charge in [0.15, 0.2) is 0 Å². The molecule has 152 valence electrons. The van der Waals surface area contributed by atoms with Crippen molar-refractivity contribution in [2.45, 2.75) is 104 Å². The highest BCUT2D eigenvalue weighted by Crippen LogP contribution is 2.12. The Kier molecular flexibility index (Phi) is 17.4. The Hall–Kier alpha value is -1.39. The molecule has 0 N–H and O–H groups in total. The second-order valence-electron chi connectivity index (χ2n) is 6.68. The first-order chi connectivity index (χ1) is 12.6. The highest BCUT2D eigenvalue weighted by atomic mass is 16.5. The van der Waals surface area contributed by atoms with Crippen molar-refractivity contribution < 1.29 is 23.9 Å². The number of Topliss-reactive ketones (excluding diaryl/α,β-unsaturated/α-hetero) is 1. The van der Waals surface area contributed by atoms with Crippen LogP contribution in [0.2, 0.25) is 0 Å². The summed E-state index contributed by atoms with van der Waals surface area (Å²) in [7, 11) is 0. The van der Waals surface area contributed by atoms with Crippen LogP contribution >= 0.6 is 0 Å². The van der Waals surface area contributed by atoms with Gasteiger partial charge in [-0.1, -0.05) is 38.5 Å². The summed E-state index contributed by atoms with van der Waals surface area (Å²) >= 11 is 0. The Balaban J connectivity index is 3.30. The minimum absolute atomic E-state index is 0.108. The molecule has 26 heavy (non-hydrogen) atoms. The van der Waals surface area contributed by atoms with E-state index in [0.29, 0.717) is 44.7 Å². The zero-order valence-electron chi connectivity index (χ0n) is 16.9. The highest BCUT2D eigenvalue weighted by Gasteiger charge is 2.04. The van der Waals surface area contributed by atoms with Gasteiger partial charge in [0.05, 0.1) is 13.2 Å². The Morgan fingerprint density at radius 2 is 0.808 bits per heavy atom. The lowest BCUT2D eigenvalue weighted by Gasteiger charge is -2.04. The molecule has 0 unspecified atom stereocenters. The maximum atomic E-state index is 11.8. The first-order valence-corrected chi connectivity index (χ1v) is 10.4. The third kappa shape index (κ3) is 17.4. The zero-order valence-corrected chi connectivity index (χ0v) is 16.9. The molecule has 0 aromatic rings. The molecule has 0 aliphatic carbocycles. The summed E-state index contributed by atoms with van der Waals surface area (Å²) in [6.45, 7) is 4.55. The molecular weight excluding hydrogens is 332 g/mol. The lowest BCUT2D eigenvalue weighted by molar-refractivity contribution is -0.144. The molecule has 5 heteroatoms. The molecule has 0 spiro atoms. The first kappa shape index (κ1) is 24.6. The SMILES string of the molecule is CCOC(=O)CCCCCCCC(=O)CCCCCCCC(=O)OCC. The summed E-state index contributed by atoms with van der Waals surface area (Å²) in [5.41, 5.74) is 0. The van der Waals surface area contributed by atoms with E-state index in [-0.39, 0.29) is 11.9 Å². The Morgan fingerprint density at radius 1 is 0.500 bits per heavy atom. The van der Waals surface area contributed by atoms with Gasteiger partial charge in [0.25, 0.3) is 0 Å². The molecule has 0 rings (SSSR count). The largest absolute Gasteiger partial charge is 0.466 e. The fourth-order valence-electron chi connectivity index (χ4n) is 2.83. The number of carbonyl (C=O) groups is 3. The van der Waals surface area contributed by atoms with Crippen LogP contribution in [0.3, 0.4) is 0 Å². The van der Waals surface area contributed by atoms with Crippen LogP contribution in [0.25, 0.3) is 0 Å². The van der Waals surface area contributed by atoms with E-state index in [0.717, 1.165) is 64.2 Å². The Labute approximate surface area is 159 Å². The monoisotopic (exact) mass is 370 g/mol. The molecule has 0 amide bonds. The van der Waals surface area contributed by atoms with Crippen LogP contribution in [-0.2, 0) is 23.9 Å². The lowest BCUT2D eigenvalue weighted by Crippen LogP contribution is -2.03. The maximum absolute atomic E-state index is 11.8. The summed E-state index contributed by atoms with van der Waals surface area (Å²) in [5, 5.41) is 0. The summed E-state index contributed by atoms with van der Waals surface area (Å²) in [6.07, 6.45) is 12.4. The Morgan fingerprint density at radius 3 is 1.15 bits per heavy atom. The molecule has 0 saturated heterocycles. The van der Waals surface area contributed by atoms with Gasteiger partial charge in [-0.25, -0.2) is 0 Å². The second-order valence-corrected chi connectivity index (χ2v) is 6.68. The number of unbranched alkanes of at least 4 members (excludes halogenated alkanes) is 8. The van der Waals surface area contributed by atoms with Crippen molar-refractivity contribution in [2.75, 3.05) is 13.2 Å². The second kappa shape index (κ2) is 18.4. The van der Waals surface area contributed by atoms with Gasteiger partial charge in [0.2, 0.25) is 0 Å². The van der Waals surface area contributed by atoms with Crippen LogP contribution < -0.4 is 0 Å². The van der Waals surface area contributed by atoms with Crippen molar-refractivity contribution in [3.8, 4) is 0 Å². The van der Waals surface area contributed by atoms with Crippen molar-refractivity contribution >= 4 is 17.7 Å². The van der Waals surface area contributed by atoms with Crippen molar-refractivity contribution in [2.24, 2.45) is 0 Å². The van der Waals surface area contributed by atoms with E-state index >= 15 is 0 Å². The topological polar surface area (TPSA) is 69.7 Å². The molecule has 0 heterocycles. The highest BCUT2D eigenvalue weighted by molar-refractivity contribution is 5.78. The molecule has 0 aromatic carbocycles. The van der Waals surface area contributed by atoms with Crippen LogP contribution in [0.1, 0.15) is 104 Å². The summed E-state index contributed by atoms with van der Waals surface area (Å²) in [5.74, 6) is 0.148. The molecule has 0 radical (unpaired) electrons. The van der Waals surface area contributed by atoms with Gasteiger partial charge >= 0.3 is 11.9 Å². The number of hydrogen-bond acceptors (Lipinski definition) is 5. The molecule has 0 aliphatic rings. The number of carbonyl (C=O) groups excluding carboxylic acids is 3. The average molecular weight is 371 g/mol. The molecule has 0 aliphatic heterocycles. The van der Waals surface area contributed by atoms with Crippen LogP contribution in [0.4, 0.5) is 0 Å². The van der Waals surface area contributed by atoms with Crippen molar-refractivity contribution in [3.63, 3.8) is 0 Å². The number of rotatable bonds is 18. The van der Waals surface area contributed by atoms with E-state index in [9.17, 15) is 14.4 Å². The van der Waals surface area contributed by atoms with E-state index in [1.165, 1.54) is 0 Å². The van der Waals surface area contributed by atoms with Crippen LogP contribution in [-0.4, -0.2) is 30.9 Å². The summed E-state index contributed by atoms with van der Waals surface area (Å²) in [4.78, 5) is 34.2. The van der Waals surface area contributed by atoms with E-state index in [1.54, 1.807) is 0 Å². The predicted molar refractivity (Wildman–Crippen MR) is 103 cm³/mol. The molecule has 0 saturated carbocycles. The lowest BCUT2D eigenvalue weighted by atomic mass is 10.0. The van der Waals surface area contributed by atoms with Gasteiger partial charge < -0.3 is 9.47 Å². The third-order valence-electron chi connectivity index (χ3n) is 4.28. The number of hydrogen-bond donors (Lipinski definition) is 0. The fourth-order valence-corrected chi connectivity index (χ4v) is 2.83. The third-order valence-corrected chi connectivity index (χ3v) is 4.28. The van der Waals surface area contributed by atoms with Crippen molar-refractivity contribution in [3.05, 3.63) is 0 Å². The number of esters is 2. The van der Waals surface area contributed by atoms with E-state index in [1.807, 2.05) is 13.8 Å². The van der Waals surface area contributed by atoms with Gasteiger partial charge in [0.1, 0.15) is 5.78 Å². The Bertz CT molecular complexity index is 345. The van der Waals surface area contributed by atoms with Crippen molar-refractivity contribution in [1.29, 1.82) is 0 Å². The van der Waals surface area contributed by atoms with Gasteiger partial charge in [-0.15, -0.1) is 0 Å².